The number of methoxy groups -OCH3 is 2. The van der Waals surface area contributed by atoms with Crippen LogP contribution in [0.3, 0.4) is 0 Å². The molecule has 1 N–H and O–H groups in total. The second-order valence-electron chi connectivity index (χ2n) is 4.14. The van der Waals surface area contributed by atoms with Gasteiger partial charge in [0.25, 0.3) is 0 Å². The van der Waals surface area contributed by atoms with Crippen LogP contribution in [0.15, 0.2) is 12.1 Å². The fourth-order valence-electron chi connectivity index (χ4n) is 2.15. The van der Waals surface area contributed by atoms with Crippen LogP contribution in [0.5, 0.6) is 11.5 Å². The lowest BCUT2D eigenvalue weighted by atomic mass is 10.0. The lowest BCUT2D eigenvalue weighted by molar-refractivity contribution is 0.0275. The minimum atomic E-state index is 0.0993. The summed E-state index contributed by atoms with van der Waals surface area (Å²) in [5.41, 5.74) is 2.20. The Bertz CT molecular complexity index is 386. The van der Waals surface area contributed by atoms with Crippen molar-refractivity contribution in [1.82, 2.24) is 5.32 Å². The summed E-state index contributed by atoms with van der Waals surface area (Å²) in [6.07, 6.45) is 0.0993. The molecule has 4 heteroatoms. The predicted molar refractivity (Wildman–Crippen MR) is 65.8 cm³/mol. The molecule has 17 heavy (non-hydrogen) atoms. The van der Waals surface area contributed by atoms with Crippen LogP contribution >= 0.6 is 0 Å². The fourth-order valence-corrected chi connectivity index (χ4v) is 2.15. The summed E-state index contributed by atoms with van der Waals surface area (Å²) < 4.78 is 16.4. The number of rotatable bonds is 3. The van der Waals surface area contributed by atoms with Crippen LogP contribution < -0.4 is 14.8 Å². The number of benzene rings is 1. The van der Waals surface area contributed by atoms with Gasteiger partial charge in [-0.2, -0.15) is 0 Å². The number of ether oxygens (including phenoxy) is 3. The molecule has 1 saturated heterocycles. The van der Waals surface area contributed by atoms with Crippen molar-refractivity contribution in [3.63, 3.8) is 0 Å². The van der Waals surface area contributed by atoms with Crippen molar-refractivity contribution >= 4 is 0 Å². The average molecular weight is 237 g/mol. The van der Waals surface area contributed by atoms with Crippen LogP contribution in [0, 0.1) is 6.92 Å². The van der Waals surface area contributed by atoms with Crippen molar-refractivity contribution in [3.05, 3.63) is 23.3 Å². The van der Waals surface area contributed by atoms with Gasteiger partial charge in [-0.25, -0.2) is 0 Å². The first-order valence-electron chi connectivity index (χ1n) is 5.81. The number of nitrogens with one attached hydrogen (secondary N) is 1. The van der Waals surface area contributed by atoms with Crippen molar-refractivity contribution < 1.29 is 14.2 Å². The normalized spacial score (nSPS) is 20.1. The van der Waals surface area contributed by atoms with Gasteiger partial charge >= 0.3 is 0 Å². The highest BCUT2D eigenvalue weighted by Gasteiger charge is 2.19. The smallest absolute Gasteiger partial charge is 0.163 e. The molecule has 1 heterocycles. The van der Waals surface area contributed by atoms with E-state index < -0.39 is 0 Å². The van der Waals surface area contributed by atoms with E-state index >= 15 is 0 Å². The Morgan fingerprint density at radius 1 is 1.29 bits per heavy atom. The number of hydrogen-bond acceptors (Lipinski definition) is 4. The topological polar surface area (TPSA) is 39.7 Å². The lowest BCUT2D eigenvalue weighted by Gasteiger charge is -2.25. The van der Waals surface area contributed by atoms with Gasteiger partial charge in [-0.1, -0.05) is 0 Å². The number of morpholine rings is 1. The zero-order valence-electron chi connectivity index (χ0n) is 10.6. The van der Waals surface area contributed by atoms with E-state index in [-0.39, 0.29) is 6.10 Å². The summed E-state index contributed by atoms with van der Waals surface area (Å²) in [7, 11) is 3.31. The molecule has 0 radical (unpaired) electrons. The molecule has 0 bridgehead atoms. The molecular formula is C13H19NO3. The average Bonchev–Trinajstić information content (AvgIpc) is 2.38. The Labute approximate surface area is 102 Å². The predicted octanol–water partition coefficient (Wildman–Crippen LogP) is 1.67. The maximum Gasteiger partial charge on any atom is 0.163 e. The van der Waals surface area contributed by atoms with E-state index in [9.17, 15) is 0 Å². The van der Waals surface area contributed by atoms with Crippen LogP contribution in [0.2, 0.25) is 0 Å². The van der Waals surface area contributed by atoms with Crippen LogP contribution in [0.25, 0.3) is 0 Å². The molecule has 2 rings (SSSR count). The lowest BCUT2D eigenvalue weighted by Crippen LogP contribution is -2.33. The van der Waals surface area contributed by atoms with Gasteiger partial charge in [0, 0.05) is 13.1 Å². The third kappa shape index (κ3) is 2.53. The van der Waals surface area contributed by atoms with E-state index in [0.29, 0.717) is 0 Å². The van der Waals surface area contributed by atoms with Gasteiger partial charge in [-0.15, -0.1) is 0 Å². The Balaban J connectivity index is 2.31. The molecule has 0 spiro atoms. The number of aryl methyl sites for hydroxylation is 1. The molecular weight excluding hydrogens is 218 g/mol. The summed E-state index contributed by atoms with van der Waals surface area (Å²) in [6.45, 7) is 4.52. The maximum atomic E-state index is 5.73. The molecule has 1 aliphatic rings. The van der Waals surface area contributed by atoms with Gasteiger partial charge in [-0.05, 0) is 30.2 Å². The zero-order valence-corrected chi connectivity index (χ0v) is 10.6. The Morgan fingerprint density at radius 3 is 2.71 bits per heavy atom. The van der Waals surface area contributed by atoms with Crippen molar-refractivity contribution in [2.45, 2.75) is 13.0 Å². The van der Waals surface area contributed by atoms with E-state index in [0.717, 1.165) is 42.3 Å². The minimum absolute atomic E-state index is 0.0993. The molecule has 0 saturated carbocycles. The van der Waals surface area contributed by atoms with Crippen molar-refractivity contribution in [1.29, 1.82) is 0 Å². The van der Waals surface area contributed by atoms with Crippen molar-refractivity contribution in [3.8, 4) is 11.5 Å². The van der Waals surface area contributed by atoms with E-state index in [1.807, 2.05) is 13.0 Å². The summed E-state index contributed by atoms with van der Waals surface area (Å²) in [5.74, 6) is 1.55. The Morgan fingerprint density at radius 2 is 2.12 bits per heavy atom. The molecule has 1 aromatic rings. The Hall–Kier alpha value is -1.26. The Kier molecular flexibility index (Phi) is 3.86. The molecule has 1 unspecified atom stereocenters. The molecule has 4 nitrogen and oxygen atoms in total. The molecule has 0 aliphatic carbocycles. The largest absolute Gasteiger partial charge is 0.493 e. The first kappa shape index (κ1) is 12.2. The van der Waals surface area contributed by atoms with Gasteiger partial charge in [0.15, 0.2) is 11.5 Å². The molecule has 1 fully saturated rings. The highest BCUT2D eigenvalue weighted by atomic mass is 16.5. The third-order valence-electron chi connectivity index (χ3n) is 2.99. The second-order valence-corrected chi connectivity index (χ2v) is 4.14. The molecule has 1 aliphatic heterocycles. The van der Waals surface area contributed by atoms with Crippen LogP contribution in [0.4, 0.5) is 0 Å². The molecule has 94 valence electrons. The van der Waals surface area contributed by atoms with Crippen molar-refractivity contribution in [2.75, 3.05) is 33.9 Å². The summed E-state index contributed by atoms with van der Waals surface area (Å²) in [4.78, 5) is 0. The van der Waals surface area contributed by atoms with Gasteiger partial charge in [-0.3, -0.25) is 0 Å². The van der Waals surface area contributed by atoms with E-state index in [1.54, 1.807) is 14.2 Å². The van der Waals surface area contributed by atoms with Crippen LogP contribution in [-0.4, -0.2) is 33.9 Å². The monoisotopic (exact) mass is 237 g/mol. The standard InChI is InChI=1S/C13H19NO3/c1-9-6-10(12-8-14-4-5-17-12)7-11(15-2)13(9)16-3/h6-7,12,14H,4-5,8H2,1-3H3. The second kappa shape index (κ2) is 5.38. The summed E-state index contributed by atoms with van der Waals surface area (Å²) >= 11 is 0. The highest BCUT2D eigenvalue weighted by Crippen LogP contribution is 2.34. The molecule has 0 aromatic heterocycles. The first-order valence-corrected chi connectivity index (χ1v) is 5.81. The van der Waals surface area contributed by atoms with E-state index in [4.69, 9.17) is 14.2 Å². The molecule has 1 atom stereocenters. The third-order valence-corrected chi connectivity index (χ3v) is 2.99. The number of hydrogen-bond donors (Lipinski definition) is 1. The fraction of sp³-hybridized carbons (Fsp3) is 0.538. The first-order chi connectivity index (χ1) is 8.26. The highest BCUT2D eigenvalue weighted by molar-refractivity contribution is 5.49. The van der Waals surface area contributed by atoms with Crippen LogP contribution in [0.1, 0.15) is 17.2 Å². The van der Waals surface area contributed by atoms with Gasteiger partial charge in [0.2, 0.25) is 0 Å². The van der Waals surface area contributed by atoms with Gasteiger partial charge < -0.3 is 19.5 Å². The maximum absolute atomic E-state index is 5.73. The van der Waals surface area contributed by atoms with Gasteiger partial charge in [0.1, 0.15) is 0 Å². The molecule has 0 amide bonds. The SMILES string of the molecule is COc1cc(C2CNCCO2)cc(C)c1OC. The van der Waals surface area contributed by atoms with Crippen molar-refractivity contribution in [2.24, 2.45) is 0 Å². The zero-order chi connectivity index (χ0) is 12.3. The van der Waals surface area contributed by atoms with E-state index in [2.05, 4.69) is 11.4 Å². The quantitative estimate of drug-likeness (QED) is 0.868. The van der Waals surface area contributed by atoms with Gasteiger partial charge in [0.05, 0.1) is 26.9 Å². The van der Waals surface area contributed by atoms with Crippen LogP contribution in [-0.2, 0) is 4.74 Å². The minimum Gasteiger partial charge on any atom is -0.493 e. The van der Waals surface area contributed by atoms with E-state index in [1.165, 1.54) is 0 Å². The summed E-state index contributed by atoms with van der Waals surface area (Å²) in [5, 5.41) is 3.32. The molecule has 1 aromatic carbocycles. The summed E-state index contributed by atoms with van der Waals surface area (Å²) in [6, 6.07) is 4.09.